The van der Waals surface area contributed by atoms with E-state index >= 15 is 0 Å². The maximum absolute atomic E-state index is 11.9. The number of likely N-dealkylation sites (tertiary alicyclic amines) is 1. The van der Waals surface area contributed by atoms with Crippen molar-refractivity contribution in [3.8, 4) is 0 Å². The van der Waals surface area contributed by atoms with E-state index in [-0.39, 0.29) is 11.4 Å². The first-order valence-electron chi connectivity index (χ1n) is 6.32. The van der Waals surface area contributed by atoms with E-state index in [1.165, 1.54) is 6.42 Å². The minimum Gasteiger partial charge on any atom is -0.341 e. The molecule has 1 saturated heterocycles. The molecule has 0 aromatic rings. The number of amides is 1. The molecule has 1 amide bonds. The van der Waals surface area contributed by atoms with Crippen LogP contribution in [0.15, 0.2) is 0 Å². The van der Waals surface area contributed by atoms with E-state index in [0.29, 0.717) is 18.4 Å². The second-order valence-corrected chi connectivity index (χ2v) is 6.24. The van der Waals surface area contributed by atoms with Crippen molar-refractivity contribution in [2.45, 2.75) is 46.6 Å². The number of nitrogens with one attached hydrogen (secondary N) is 1. The normalized spacial score (nSPS) is 21.9. The molecule has 1 unspecified atom stereocenters. The summed E-state index contributed by atoms with van der Waals surface area (Å²) in [5.74, 6) is 1.63. The van der Waals surface area contributed by atoms with Crippen LogP contribution in [-0.2, 0) is 4.79 Å². The lowest BCUT2D eigenvalue weighted by atomic mass is 9.95. The van der Waals surface area contributed by atoms with Crippen molar-refractivity contribution in [3.63, 3.8) is 0 Å². The molecular weight excluding hydrogens is 200 g/mol. The predicted octanol–water partition coefficient (Wildman–Crippen LogP) is 1.88. The largest absolute Gasteiger partial charge is 0.341 e. The quantitative estimate of drug-likeness (QED) is 0.797. The Bertz CT molecular complexity index is 243. The van der Waals surface area contributed by atoms with Crippen molar-refractivity contribution < 1.29 is 4.79 Å². The molecule has 3 heteroatoms. The maximum atomic E-state index is 11.9. The zero-order valence-electron chi connectivity index (χ0n) is 11.3. The molecule has 1 atom stereocenters. The van der Waals surface area contributed by atoms with E-state index in [1.54, 1.807) is 0 Å². The van der Waals surface area contributed by atoms with Gasteiger partial charge in [-0.1, -0.05) is 13.8 Å². The van der Waals surface area contributed by atoms with Crippen LogP contribution in [0.2, 0.25) is 0 Å². The Kier molecular flexibility index (Phi) is 4.36. The highest BCUT2D eigenvalue weighted by Crippen LogP contribution is 2.23. The number of nitrogens with zero attached hydrogens (tertiary/aromatic N) is 1. The molecule has 0 radical (unpaired) electrons. The van der Waals surface area contributed by atoms with Gasteiger partial charge in [0.1, 0.15) is 0 Å². The zero-order chi connectivity index (χ0) is 12.3. The Morgan fingerprint density at radius 2 is 2.06 bits per heavy atom. The Morgan fingerprint density at radius 3 is 2.50 bits per heavy atom. The third-order valence-electron chi connectivity index (χ3n) is 3.29. The number of carbonyl (C=O) groups is 1. The zero-order valence-corrected chi connectivity index (χ0v) is 11.3. The van der Waals surface area contributed by atoms with E-state index in [2.05, 4.69) is 39.9 Å². The maximum Gasteiger partial charge on any atom is 0.236 e. The average Bonchev–Trinajstić information content (AvgIpc) is 2.61. The minimum absolute atomic E-state index is 0.0207. The third-order valence-corrected chi connectivity index (χ3v) is 3.29. The van der Waals surface area contributed by atoms with Gasteiger partial charge >= 0.3 is 0 Å². The van der Waals surface area contributed by atoms with Crippen molar-refractivity contribution >= 4 is 5.91 Å². The first-order chi connectivity index (χ1) is 7.29. The van der Waals surface area contributed by atoms with Crippen molar-refractivity contribution in [2.24, 2.45) is 11.8 Å². The van der Waals surface area contributed by atoms with Gasteiger partial charge in [0.25, 0.3) is 0 Å². The molecule has 0 bridgehead atoms. The summed E-state index contributed by atoms with van der Waals surface area (Å²) in [6.07, 6.45) is 1.17. The van der Waals surface area contributed by atoms with Crippen LogP contribution in [0.1, 0.15) is 41.0 Å². The molecule has 16 heavy (non-hydrogen) atoms. The summed E-state index contributed by atoms with van der Waals surface area (Å²) < 4.78 is 0. The standard InChI is InChI=1S/C13H26N2O/c1-10(2)11-6-7-15(9-11)12(16)8-14-13(3,4)5/h10-11,14H,6-9H2,1-5H3. The summed E-state index contributed by atoms with van der Waals surface area (Å²) in [4.78, 5) is 13.9. The lowest BCUT2D eigenvalue weighted by Gasteiger charge is -2.23. The predicted molar refractivity (Wildman–Crippen MR) is 67.3 cm³/mol. The molecule has 1 fully saturated rings. The van der Waals surface area contributed by atoms with Gasteiger partial charge in [-0.15, -0.1) is 0 Å². The van der Waals surface area contributed by atoms with Crippen LogP contribution in [0.5, 0.6) is 0 Å². The highest BCUT2D eigenvalue weighted by Gasteiger charge is 2.28. The SMILES string of the molecule is CC(C)C1CCN(C(=O)CNC(C)(C)C)C1. The van der Waals surface area contributed by atoms with E-state index in [1.807, 2.05) is 4.90 Å². The summed E-state index contributed by atoms with van der Waals surface area (Å²) in [6, 6.07) is 0. The van der Waals surface area contributed by atoms with Gasteiger partial charge in [-0.25, -0.2) is 0 Å². The van der Waals surface area contributed by atoms with Crippen molar-refractivity contribution in [1.29, 1.82) is 0 Å². The molecule has 3 nitrogen and oxygen atoms in total. The summed E-state index contributed by atoms with van der Waals surface area (Å²) in [5, 5.41) is 3.25. The molecule has 0 spiro atoms. The van der Waals surface area contributed by atoms with Crippen molar-refractivity contribution in [3.05, 3.63) is 0 Å². The lowest BCUT2D eigenvalue weighted by molar-refractivity contribution is -0.129. The van der Waals surface area contributed by atoms with Gasteiger partial charge in [0.15, 0.2) is 0 Å². The van der Waals surface area contributed by atoms with Gasteiger partial charge in [-0.3, -0.25) is 4.79 Å². The Labute approximate surface area is 99.6 Å². The number of hydrogen-bond acceptors (Lipinski definition) is 2. The minimum atomic E-state index is 0.0207. The van der Waals surface area contributed by atoms with E-state index in [9.17, 15) is 4.79 Å². The van der Waals surface area contributed by atoms with Gasteiger partial charge in [-0.05, 0) is 39.0 Å². The van der Waals surface area contributed by atoms with E-state index in [0.717, 1.165) is 13.1 Å². The van der Waals surface area contributed by atoms with E-state index in [4.69, 9.17) is 0 Å². The Balaban J connectivity index is 2.34. The molecule has 94 valence electrons. The topological polar surface area (TPSA) is 32.3 Å². The monoisotopic (exact) mass is 226 g/mol. The van der Waals surface area contributed by atoms with Gasteiger partial charge in [-0.2, -0.15) is 0 Å². The first-order valence-corrected chi connectivity index (χ1v) is 6.32. The molecule has 0 saturated carbocycles. The Morgan fingerprint density at radius 1 is 1.44 bits per heavy atom. The number of rotatable bonds is 3. The molecule has 1 heterocycles. The average molecular weight is 226 g/mol. The van der Waals surface area contributed by atoms with Crippen LogP contribution in [0.3, 0.4) is 0 Å². The number of carbonyl (C=O) groups excluding carboxylic acids is 1. The number of hydrogen-bond donors (Lipinski definition) is 1. The second kappa shape index (κ2) is 5.17. The van der Waals surface area contributed by atoms with Crippen LogP contribution in [0, 0.1) is 11.8 Å². The van der Waals surface area contributed by atoms with Crippen LogP contribution >= 0.6 is 0 Å². The van der Waals surface area contributed by atoms with Gasteiger partial charge in [0.05, 0.1) is 6.54 Å². The van der Waals surface area contributed by atoms with Crippen LogP contribution in [-0.4, -0.2) is 36.0 Å². The molecule has 1 N–H and O–H groups in total. The van der Waals surface area contributed by atoms with Gasteiger partial charge < -0.3 is 10.2 Å². The highest BCUT2D eigenvalue weighted by atomic mass is 16.2. The fourth-order valence-corrected chi connectivity index (χ4v) is 2.01. The third kappa shape index (κ3) is 4.12. The van der Waals surface area contributed by atoms with E-state index < -0.39 is 0 Å². The summed E-state index contributed by atoms with van der Waals surface area (Å²) >= 11 is 0. The lowest BCUT2D eigenvalue weighted by Crippen LogP contribution is -2.44. The molecular formula is C13H26N2O. The van der Waals surface area contributed by atoms with Crippen LogP contribution in [0.25, 0.3) is 0 Å². The van der Waals surface area contributed by atoms with Crippen molar-refractivity contribution in [1.82, 2.24) is 10.2 Å². The fourth-order valence-electron chi connectivity index (χ4n) is 2.01. The van der Waals surface area contributed by atoms with Gasteiger partial charge in [0, 0.05) is 18.6 Å². The molecule has 1 aliphatic rings. The molecule has 1 aliphatic heterocycles. The molecule has 0 aliphatic carbocycles. The molecule has 0 aromatic heterocycles. The van der Waals surface area contributed by atoms with Crippen LogP contribution < -0.4 is 5.32 Å². The second-order valence-electron chi connectivity index (χ2n) is 6.24. The Hall–Kier alpha value is -0.570. The van der Waals surface area contributed by atoms with Crippen molar-refractivity contribution in [2.75, 3.05) is 19.6 Å². The highest BCUT2D eigenvalue weighted by molar-refractivity contribution is 5.78. The van der Waals surface area contributed by atoms with Crippen LogP contribution in [0.4, 0.5) is 0 Å². The molecule has 1 rings (SSSR count). The first kappa shape index (κ1) is 13.5. The van der Waals surface area contributed by atoms with Gasteiger partial charge in [0.2, 0.25) is 5.91 Å². The summed E-state index contributed by atoms with van der Waals surface area (Å²) in [6.45, 7) is 13.1. The summed E-state index contributed by atoms with van der Waals surface area (Å²) in [5.41, 5.74) is 0.0207. The smallest absolute Gasteiger partial charge is 0.236 e. The summed E-state index contributed by atoms with van der Waals surface area (Å²) in [7, 11) is 0. The fraction of sp³-hybridized carbons (Fsp3) is 0.923. The molecule has 0 aromatic carbocycles.